The maximum atomic E-state index is 12.3. The topological polar surface area (TPSA) is 43.4 Å². The van der Waals surface area contributed by atoms with Crippen LogP contribution in [0.4, 0.5) is 0 Å². The Morgan fingerprint density at radius 1 is 0.625 bits per heavy atom. The molecule has 0 fully saturated rings. The molecule has 184 valence electrons. The van der Waals surface area contributed by atoms with Crippen LogP contribution in [0.3, 0.4) is 0 Å². The largest absolute Gasteiger partial charge is 0.493 e. The number of rotatable bonds is 21. The van der Waals surface area contributed by atoms with Crippen LogP contribution in [0.1, 0.15) is 142 Å². The van der Waals surface area contributed by atoms with E-state index in [9.17, 15) is 9.59 Å². The normalized spacial score (nSPS) is 14.3. The number of unbranched alkanes of at least 4 members (excludes halogenated alkanes) is 18. The molecule has 32 heavy (non-hydrogen) atoms. The molecule has 0 heterocycles. The number of hydrogen-bond acceptors (Lipinski definition) is 3. The molecule has 3 nitrogen and oxygen atoms in total. The third-order valence-electron chi connectivity index (χ3n) is 6.83. The van der Waals surface area contributed by atoms with Gasteiger partial charge in [-0.2, -0.15) is 0 Å². The Labute approximate surface area is 198 Å². The van der Waals surface area contributed by atoms with E-state index in [2.05, 4.69) is 6.92 Å². The first kappa shape index (κ1) is 28.7. The van der Waals surface area contributed by atoms with Gasteiger partial charge >= 0.3 is 0 Å². The zero-order valence-electron chi connectivity index (χ0n) is 21.4. The van der Waals surface area contributed by atoms with Crippen LogP contribution in [0.2, 0.25) is 0 Å². The lowest BCUT2D eigenvalue weighted by atomic mass is 9.90. The summed E-state index contributed by atoms with van der Waals surface area (Å²) in [5.41, 5.74) is 1.25. The Hall–Kier alpha value is -1.38. The molecule has 0 aromatic carbocycles. The molecule has 0 saturated heterocycles. The summed E-state index contributed by atoms with van der Waals surface area (Å²) in [4.78, 5) is 24.3. The lowest BCUT2D eigenvalue weighted by Gasteiger charge is -2.16. The molecule has 0 saturated carbocycles. The number of Topliss-reactive ketones (excluding diaryl/α,β-unsaturated/α-hetero) is 1. The summed E-state index contributed by atoms with van der Waals surface area (Å²) in [6, 6.07) is 0. The van der Waals surface area contributed by atoms with E-state index in [0.717, 1.165) is 12.8 Å². The number of ketones is 2. The van der Waals surface area contributed by atoms with Gasteiger partial charge in [-0.05, 0) is 19.8 Å². The molecule has 0 spiro atoms. The van der Waals surface area contributed by atoms with E-state index in [1.807, 2.05) is 0 Å². The summed E-state index contributed by atoms with van der Waals surface area (Å²) in [5, 5.41) is 0. The fourth-order valence-electron chi connectivity index (χ4n) is 4.59. The molecule has 1 aliphatic rings. The first-order valence-corrected chi connectivity index (χ1v) is 13.7. The summed E-state index contributed by atoms with van der Waals surface area (Å²) < 4.78 is 5.05. The Morgan fingerprint density at radius 2 is 1.00 bits per heavy atom. The van der Waals surface area contributed by atoms with Crippen molar-refractivity contribution in [1.82, 2.24) is 0 Å². The molecule has 1 rings (SSSR count). The first-order chi connectivity index (χ1) is 15.6. The number of methoxy groups -OCH3 is 1. The summed E-state index contributed by atoms with van der Waals surface area (Å²) in [6.45, 7) is 4.04. The van der Waals surface area contributed by atoms with Gasteiger partial charge in [-0.15, -0.1) is 0 Å². The van der Waals surface area contributed by atoms with Crippen molar-refractivity contribution in [1.29, 1.82) is 0 Å². The minimum Gasteiger partial charge on any atom is -0.493 e. The van der Waals surface area contributed by atoms with E-state index >= 15 is 0 Å². The van der Waals surface area contributed by atoms with Gasteiger partial charge in [0, 0.05) is 17.2 Å². The molecule has 0 unspecified atom stereocenters. The van der Waals surface area contributed by atoms with E-state index in [1.165, 1.54) is 122 Å². The standard InChI is InChI=1S/C29H50O3/c1-4-5-6-7-8-9-10-11-12-13-14-15-16-17-18-19-20-21-22-23-26-25(2)27(30)24-28(32-3)29(26)31/h24H,4-23H2,1-3H3. The van der Waals surface area contributed by atoms with Gasteiger partial charge in [0.2, 0.25) is 5.78 Å². The summed E-state index contributed by atoms with van der Waals surface area (Å²) in [5.74, 6) is -0.00494. The third kappa shape index (κ3) is 12.6. The van der Waals surface area contributed by atoms with Crippen molar-refractivity contribution < 1.29 is 14.3 Å². The second-order valence-electron chi connectivity index (χ2n) is 9.62. The molecule has 0 radical (unpaired) electrons. The molecule has 0 aliphatic heterocycles. The molecule has 3 heteroatoms. The number of carbonyl (C=O) groups is 2. The van der Waals surface area contributed by atoms with Crippen LogP contribution in [0, 0.1) is 0 Å². The highest BCUT2D eigenvalue weighted by molar-refractivity contribution is 6.21. The number of ether oxygens (including phenoxy) is 1. The van der Waals surface area contributed by atoms with E-state index in [-0.39, 0.29) is 17.3 Å². The van der Waals surface area contributed by atoms with Gasteiger partial charge in [-0.25, -0.2) is 0 Å². The minimum atomic E-state index is -0.105. The highest BCUT2D eigenvalue weighted by atomic mass is 16.5. The van der Waals surface area contributed by atoms with Gasteiger partial charge in [0.15, 0.2) is 11.5 Å². The molecule has 0 N–H and O–H groups in total. The fraction of sp³-hybridized carbons (Fsp3) is 0.793. The van der Waals surface area contributed by atoms with Crippen molar-refractivity contribution in [3.05, 3.63) is 23.0 Å². The van der Waals surface area contributed by atoms with Gasteiger partial charge in [0.1, 0.15) is 0 Å². The smallest absolute Gasteiger partial charge is 0.224 e. The number of allylic oxidation sites excluding steroid dienone is 3. The fourth-order valence-corrected chi connectivity index (χ4v) is 4.59. The van der Waals surface area contributed by atoms with Crippen LogP contribution in [0.25, 0.3) is 0 Å². The maximum absolute atomic E-state index is 12.3. The maximum Gasteiger partial charge on any atom is 0.224 e. The van der Waals surface area contributed by atoms with Crippen LogP contribution in [-0.2, 0) is 14.3 Å². The average molecular weight is 447 g/mol. The van der Waals surface area contributed by atoms with Crippen molar-refractivity contribution in [3.63, 3.8) is 0 Å². The van der Waals surface area contributed by atoms with E-state index in [0.29, 0.717) is 17.6 Å². The number of carbonyl (C=O) groups excluding carboxylic acids is 2. The predicted molar refractivity (Wildman–Crippen MR) is 136 cm³/mol. The zero-order chi connectivity index (χ0) is 23.4. The molecule has 0 aromatic rings. The van der Waals surface area contributed by atoms with Crippen LogP contribution in [0.5, 0.6) is 0 Å². The quantitative estimate of drug-likeness (QED) is 0.131. The van der Waals surface area contributed by atoms with Crippen LogP contribution >= 0.6 is 0 Å². The van der Waals surface area contributed by atoms with Crippen molar-refractivity contribution in [2.24, 2.45) is 0 Å². The summed E-state index contributed by atoms with van der Waals surface area (Å²) in [6.07, 6.45) is 27.8. The molecule has 0 amide bonds. The van der Waals surface area contributed by atoms with Crippen molar-refractivity contribution in [3.8, 4) is 0 Å². The Morgan fingerprint density at radius 3 is 1.38 bits per heavy atom. The lowest BCUT2D eigenvalue weighted by Crippen LogP contribution is -2.19. The Bertz CT molecular complexity index is 585. The molecular formula is C29H50O3. The third-order valence-corrected chi connectivity index (χ3v) is 6.83. The Balaban J connectivity index is 1.87. The molecule has 0 aromatic heterocycles. The van der Waals surface area contributed by atoms with Crippen LogP contribution < -0.4 is 0 Å². The van der Waals surface area contributed by atoms with Crippen LogP contribution in [0.15, 0.2) is 23.0 Å². The van der Waals surface area contributed by atoms with Gasteiger partial charge < -0.3 is 4.74 Å². The van der Waals surface area contributed by atoms with Crippen LogP contribution in [-0.4, -0.2) is 18.7 Å². The van der Waals surface area contributed by atoms with E-state index in [1.54, 1.807) is 6.92 Å². The summed E-state index contributed by atoms with van der Waals surface area (Å²) >= 11 is 0. The van der Waals surface area contributed by atoms with E-state index in [4.69, 9.17) is 4.74 Å². The second kappa shape index (κ2) is 19.1. The number of hydrogen-bond donors (Lipinski definition) is 0. The van der Waals surface area contributed by atoms with Gasteiger partial charge in [0.05, 0.1) is 7.11 Å². The van der Waals surface area contributed by atoms with Gasteiger partial charge in [0.25, 0.3) is 0 Å². The highest BCUT2D eigenvalue weighted by Crippen LogP contribution is 2.24. The average Bonchev–Trinajstić information content (AvgIpc) is 2.79. The van der Waals surface area contributed by atoms with Gasteiger partial charge in [-0.3, -0.25) is 9.59 Å². The SMILES string of the molecule is CCCCCCCCCCCCCCCCCCCCCC1=C(C)C(=O)C=C(OC)C1=O. The highest BCUT2D eigenvalue weighted by Gasteiger charge is 2.26. The van der Waals surface area contributed by atoms with Crippen molar-refractivity contribution in [2.45, 2.75) is 142 Å². The first-order valence-electron chi connectivity index (χ1n) is 13.7. The predicted octanol–water partition coefficient (Wildman–Crippen LogP) is 8.81. The Kier molecular flexibility index (Phi) is 17.1. The molecule has 1 aliphatic carbocycles. The molecule has 0 atom stereocenters. The zero-order valence-corrected chi connectivity index (χ0v) is 21.4. The molecule has 0 bridgehead atoms. The monoisotopic (exact) mass is 446 g/mol. The van der Waals surface area contributed by atoms with Gasteiger partial charge in [-0.1, -0.05) is 122 Å². The molecular weight excluding hydrogens is 396 g/mol. The van der Waals surface area contributed by atoms with Crippen molar-refractivity contribution in [2.75, 3.05) is 7.11 Å². The van der Waals surface area contributed by atoms with Crippen molar-refractivity contribution >= 4 is 11.6 Å². The summed E-state index contributed by atoms with van der Waals surface area (Å²) in [7, 11) is 1.45. The van der Waals surface area contributed by atoms with E-state index < -0.39 is 0 Å². The minimum absolute atomic E-state index is 0.0887. The lowest BCUT2D eigenvalue weighted by molar-refractivity contribution is -0.118. The second-order valence-corrected chi connectivity index (χ2v) is 9.62.